The van der Waals surface area contributed by atoms with Gasteiger partial charge in [0.15, 0.2) is 0 Å². The molecule has 19 heavy (non-hydrogen) atoms. The van der Waals surface area contributed by atoms with Gasteiger partial charge >= 0.3 is 0 Å². The summed E-state index contributed by atoms with van der Waals surface area (Å²) in [6, 6.07) is 11.5. The predicted molar refractivity (Wildman–Crippen MR) is 83.8 cm³/mol. The van der Waals surface area contributed by atoms with Gasteiger partial charge in [-0.05, 0) is 52.3 Å². The second kappa shape index (κ2) is 7.26. The van der Waals surface area contributed by atoms with Crippen molar-refractivity contribution >= 4 is 38.9 Å². The van der Waals surface area contributed by atoms with E-state index in [-0.39, 0.29) is 6.04 Å². The van der Waals surface area contributed by atoms with Crippen LogP contribution in [-0.2, 0) is 6.42 Å². The minimum Gasteiger partial charge on any atom is -0.492 e. The molecule has 0 aliphatic carbocycles. The second-order valence-corrected chi connectivity index (χ2v) is 7.02. The third kappa shape index (κ3) is 4.78. The van der Waals surface area contributed by atoms with E-state index in [1.54, 1.807) is 23.5 Å². The van der Waals surface area contributed by atoms with Crippen molar-refractivity contribution in [3.63, 3.8) is 0 Å². The molecule has 1 aromatic heterocycles. The van der Waals surface area contributed by atoms with Gasteiger partial charge in [-0.1, -0.05) is 11.6 Å². The van der Waals surface area contributed by atoms with Crippen LogP contribution >= 0.6 is 38.9 Å². The van der Waals surface area contributed by atoms with Gasteiger partial charge in [-0.15, -0.1) is 11.3 Å². The average molecular weight is 362 g/mol. The molecule has 1 aromatic carbocycles. The van der Waals surface area contributed by atoms with E-state index in [2.05, 4.69) is 27.4 Å². The van der Waals surface area contributed by atoms with E-state index in [0.717, 1.165) is 16.0 Å². The normalized spacial score (nSPS) is 12.4. The molecule has 0 aliphatic rings. The molecule has 1 atom stereocenters. The molecule has 0 bridgehead atoms. The molecule has 1 unspecified atom stereocenters. The van der Waals surface area contributed by atoms with E-state index in [1.165, 1.54) is 4.88 Å². The molecule has 0 fully saturated rings. The van der Waals surface area contributed by atoms with Crippen molar-refractivity contribution in [2.75, 3.05) is 6.61 Å². The Labute approximate surface area is 129 Å². The Morgan fingerprint density at radius 2 is 2.00 bits per heavy atom. The molecule has 0 radical (unpaired) electrons. The summed E-state index contributed by atoms with van der Waals surface area (Å²) >= 11 is 11.0. The van der Waals surface area contributed by atoms with Crippen LogP contribution in [0.3, 0.4) is 0 Å². The number of hydrogen-bond acceptors (Lipinski definition) is 4. The van der Waals surface area contributed by atoms with Gasteiger partial charge in [0, 0.05) is 16.3 Å². The lowest BCUT2D eigenvalue weighted by Crippen LogP contribution is -2.41. The summed E-state index contributed by atoms with van der Waals surface area (Å²) in [5.74, 6) is 6.35. The first-order valence-corrected chi connectivity index (χ1v) is 7.75. The SMILES string of the molecule is NNC(COc1ccc(Cl)cc1)Cc1ccc(Br)s1. The second-order valence-electron chi connectivity index (χ2n) is 4.04. The highest BCUT2D eigenvalue weighted by atomic mass is 79.9. The van der Waals surface area contributed by atoms with Crippen LogP contribution in [0.15, 0.2) is 40.2 Å². The zero-order valence-corrected chi connectivity index (χ0v) is 13.3. The van der Waals surface area contributed by atoms with Crippen LogP contribution in [0.4, 0.5) is 0 Å². The van der Waals surface area contributed by atoms with Crippen LogP contribution in [-0.4, -0.2) is 12.6 Å². The molecule has 2 aromatic rings. The molecule has 0 saturated carbocycles. The summed E-state index contributed by atoms with van der Waals surface area (Å²) in [6.07, 6.45) is 0.834. The Kier molecular flexibility index (Phi) is 5.66. The largest absolute Gasteiger partial charge is 0.492 e. The fraction of sp³-hybridized carbons (Fsp3) is 0.231. The summed E-state index contributed by atoms with van der Waals surface area (Å²) in [7, 11) is 0. The maximum Gasteiger partial charge on any atom is 0.119 e. The summed E-state index contributed by atoms with van der Waals surface area (Å²) in [6.45, 7) is 0.508. The van der Waals surface area contributed by atoms with Crippen LogP contribution in [0.5, 0.6) is 5.75 Å². The van der Waals surface area contributed by atoms with Gasteiger partial charge in [0.1, 0.15) is 12.4 Å². The Morgan fingerprint density at radius 3 is 2.58 bits per heavy atom. The van der Waals surface area contributed by atoms with Gasteiger partial charge in [-0.2, -0.15) is 0 Å². The molecule has 0 saturated heterocycles. The molecule has 0 aliphatic heterocycles. The van der Waals surface area contributed by atoms with Gasteiger partial charge in [-0.25, -0.2) is 0 Å². The molecule has 1 heterocycles. The van der Waals surface area contributed by atoms with Gasteiger partial charge in [-0.3, -0.25) is 11.3 Å². The monoisotopic (exact) mass is 360 g/mol. The van der Waals surface area contributed by atoms with Crippen molar-refractivity contribution in [2.24, 2.45) is 5.84 Å². The molecular weight excluding hydrogens is 348 g/mol. The van der Waals surface area contributed by atoms with E-state index >= 15 is 0 Å². The Hall–Kier alpha value is -0.590. The first-order valence-electron chi connectivity index (χ1n) is 5.76. The van der Waals surface area contributed by atoms with Crippen LogP contribution in [0.25, 0.3) is 0 Å². The third-order valence-corrected chi connectivity index (χ3v) is 4.47. The van der Waals surface area contributed by atoms with Gasteiger partial charge < -0.3 is 4.74 Å². The lowest BCUT2D eigenvalue weighted by atomic mass is 10.2. The molecule has 3 nitrogen and oxygen atoms in total. The molecule has 2 rings (SSSR count). The number of ether oxygens (including phenoxy) is 1. The predicted octanol–water partition coefficient (Wildman–Crippen LogP) is 3.62. The van der Waals surface area contributed by atoms with Crippen LogP contribution < -0.4 is 16.0 Å². The number of halogens is 2. The molecule has 102 valence electrons. The van der Waals surface area contributed by atoms with Crippen LogP contribution in [0.2, 0.25) is 5.02 Å². The smallest absolute Gasteiger partial charge is 0.119 e. The number of thiophene rings is 1. The number of hydrogen-bond donors (Lipinski definition) is 2. The van der Waals surface area contributed by atoms with E-state index in [0.29, 0.717) is 11.6 Å². The standard InChI is InChI=1S/C13H14BrClN2OS/c14-13-6-5-12(19-13)7-10(17-16)8-18-11-3-1-9(15)2-4-11/h1-6,10,17H,7-8,16H2. The number of hydrazine groups is 1. The van der Waals surface area contributed by atoms with E-state index in [1.807, 2.05) is 18.2 Å². The molecule has 0 amide bonds. The highest BCUT2D eigenvalue weighted by Gasteiger charge is 2.10. The average Bonchev–Trinajstić information content (AvgIpc) is 2.82. The first kappa shape index (κ1) is 14.8. The molecular formula is C13H14BrClN2OS. The fourth-order valence-electron chi connectivity index (χ4n) is 1.60. The van der Waals surface area contributed by atoms with Crippen molar-refractivity contribution < 1.29 is 4.74 Å². The Morgan fingerprint density at radius 1 is 1.26 bits per heavy atom. The summed E-state index contributed by atoms with van der Waals surface area (Å²) in [5.41, 5.74) is 2.78. The summed E-state index contributed by atoms with van der Waals surface area (Å²) in [5, 5.41) is 0.698. The third-order valence-electron chi connectivity index (χ3n) is 2.58. The number of benzene rings is 1. The van der Waals surface area contributed by atoms with Crippen molar-refractivity contribution in [1.82, 2.24) is 5.43 Å². The van der Waals surface area contributed by atoms with Gasteiger partial charge in [0.05, 0.1) is 9.83 Å². The molecule has 0 spiro atoms. The number of rotatable bonds is 6. The van der Waals surface area contributed by atoms with Gasteiger partial charge in [0.25, 0.3) is 0 Å². The van der Waals surface area contributed by atoms with E-state index < -0.39 is 0 Å². The number of nitrogens with two attached hydrogens (primary N) is 1. The maximum atomic E-state index is 5.82. The Bertz CT molecular complexity index is 518. The first-order chi connectivity index (χ1) is 9.17. The Balaban J connectivity index is 1.87. The lowest BCUT2D eigenvalue weighted by molar-refractivity contribution is 0.265. The van der Waals surface area contributed by atoms with Crippen molar-refractivity contribution in [3.05, 3.63) is 50.1 Å². The van der Waals surface area contributed by atoms with Crippen LogP contribution in [0.1, 0.15) is 4.88 Å². The number of nitrogens with one attached hydrogen (secondary N) is 1. The highest BCUT2D eigenvalue weighted by molar-refractivity contribution is 9.11. The van der Waals surface area contributed by atoms with Crippen LogP contribution in [0, 0.1) is 0 Å². The zero-order chi connectivity index (χ0) is 13.7. The molecule has 6 heteroatoms. The van der Waals surface area contributed by atoms with E-state index in [4.69, 9.17) is 22.2 Å². The van der Waals surface area contributed by atoms with Crippen molar-refractivity contribution in [3.8, 4) is 5.75 Å². The minimum atomic E-state index is 0.0706. The quantitative estimate of drug-likeness (QED) is 0.610. The van der Waals surface area contributed by atoms with Crippen molar-refractivity contribution in [1.29, 1.82) is 0 Å². The molecule has 3 N–H and O–H groups in total. The topological polar surface area (TPSA) is 47.3 Å². The van der Waals surface area contributed by atoms with E-state index in [9.17, 15) is 0 Å². The minimum absolute atomic E-state index is 0.0706. The fourth-order valence-corrected chi connectivity index (χ4v) is 3.29. The zero-order valence-electron chi connectivity index (χ0n) is 10.1. The maximum absolute atomic E-state index is 5.82. The van der Waals surface area contributed by atoms with Crippen molar-refractivity contribution in [2.45, 2.75) is 12.5 Å². The summed E-state index contributed by atoms with van der Waals surface area (Å²) < 4.78 is 6.81. The lowest BCUT2D eigenvalue weighted by Gasteiger charge is -2.16. The highest BCUT2D eigenvalue weighted by Crippen LogP contribution is 2.23. The summed E-state index contributed by atoms with van der Waals surface area (Å²) in [4.78, 5) is 1.26. The van der Waals surface area contributed by atoms with Gasteiger partial charge in [0.2, 0.25) is 0 Å².